The van der Waals surface area contributed by atoms with E-state index in [0.717, 1.165) is 32.6 Å². The van der Waals surface area contributed by atoms with Gasteiger partial charge in [0.2, 0.25) is 0 Å². The molecule has 0 amide bonds. The molecule has 2 saturated heterocycles. The Bertz CT molecular complexity index is 375. The van der Waals surface area contributed by atoms with Crippen molar-refractivity contribution in [2.24, 2.45) is 5.73 Å². The molecule has 116 valence electrons. The first-order valence-electron chi connectivity index (χ1n) is 7.60. The Labute approximate surface area is 128 Å². The third kappa shape index (κ3) is 3.32. The fourth-order valence-corrected chi connectivity index (χ4v) is 3.87. The summed E-state index contributed by atoms with van der Waals surface area (Å²) in [4.78, 5) is 5.56. The van der Waals surface area contributed by atoms with Crippen molar-refractivity contribution in [2.45, 2.75) is 64.3 Å². The van der Waals surface area contributed by atoms with Crippen LogP contribution in [0.15, 0.2) is 0 Å². The van der Waals surface area contributed by atoms with Gasteiger partial charge in [0.15, 0.2) is 0 Å². The summed E-state index contributed by atoms with van der Waals surface area (Å²) in [6, 6.07) is 0.705. The van der Waals surface area contributed by atoms with Gasteiger partial charge >= 0.3 is 0 Å². The van der Waals surface area contributed by atoms with E-state index in [1.54, 1.807) is 0 Å². The van der Waals surface area contributed by atoms with Gasteiger partial charge in [0.25, 0.3) is 0 Å². The summed E-state index contributed by atoms with van der Waals surface area (Å²) in [6.07, 6.45) is 1.10. The van der Waals surface area contributed by atoms with Gasteiger partial charge in [-0.05, 0) is 41.0 Å². The Balaban J connectivity index is 1.96. The Morgan fingerprint density at radius 3 is 2.15 bits per heavy atom. The molecule has 2 aliphatic heterocycles. The monoisotopic (exact) mass is 299 g/mol. The van der Waals surface area contributed by atoms with Gasteiger partial charge in [0.1, 0.15) is 0 Å². The molecule has 2 atom stereocenters. The SMILES string of the molecule is CC(C(N)=S)N1CCN(C2CC(C)(C)OC2(C)C)CC1. The quantitative estimate of drug-likeness (QED) is 0.802. The standard InChI is InChI=1S/C15H29N3OS/c1-11(13(16)20)17-6-8-18(9-7-17)12-10-14(2,3)19-15(12,4)5/h11-12H,6-10H2,1-5H3,(H2,16,20). The molecule has 2 rings (SSSR count). The summed E-state index contributed by atoms with van der Waals surface area (Å²) in [5, 5.41) is 0. The normalized spacial score (nSPS) is 32.1. The fraction of sp³-hybridized carbons (Fsp3) is 0.933. The van der Waals surface area contributed by atoms with Crippen LogP contribution in [0.3, 0.4) is 0 Å². The zero-order chi connectivity index (χ0) is 15.1. The number of nitrogens with zero attached hydrogens (tertiary/aromatic N) is 2. The second-order valence-corrected chi connectivity index (χ2v) is 7.81. The lowest BCUT2D eigenvalue weighted by Gasteiger charge is -2.43. The van der Waals surface area contributed by atoms with Gasteiger partial charge in [-0.25, -0.2) is 0 Å². The molecule has 0 saturated carbocycles. The minimum atomic E-state index is -0.0690. The lowest BCUT2D eigenvalue weighted by atomic mass is 9.92. The van der Waals surface area contributed by atoms with Crippen LogP contribution >= 0.6 is 12.2 Å². The summed E-state index contributed by atoms with van der Waals surface area (Å²) in [5.74, 6) is 0. The molecule has 2 fully saturated rings. The van der Waals surface area contributed by atoms with Crippen LogP contribution in [-0.2, 0) is 4.74 Å². The molecule has 2 N–H and O–H groups in total. The van der Waals surface area contributed by atoms with Crippen LogP contribution in [0.2, 0.25) is 0 Å². The van der Waals surface area contributed by atoms with Crippen molar-refractivity contribution in [3.05, 3.63) is 0 Å². The average Bonchev–Trinajstić information content (AvgIpc) is 2.56. The molecular weight excluding hydrogens is 270 g/mol. The molecule has 0 aromatic heterocycles. The number of nitrogens with two attached hydrogens (primary N) is 1. The van der Waals surface area contributed by atoms with Crippen molar-refractivity contribution >= 4 is 17.2 Å². The third-order valence-corrected chi connectivity index (χ3v) is 5.12. The van der Waals surface area contributed by atoms with E-state index in [1.807, 2.05) is 0 Å². The predicted octanol–water partition coefficient (Wildman–Crippen LogP) is 1.62. The van der Waals surface area contributed by atoms with E-state index in [-0.39, 0.29) is 17.2 Å². The number of rotatable bonds is 3. The molecule has 0 bridgehead atoms. The summed E-state index contributed by atoms with van der Waals surface area (Å²) in [7, 11) is 0. The number of hydrogen-bond acceptors (Lipinski definition) is 4. The summed E-state index contributed by atoms with van der Waals surface area (Å²) >= 11 is 5.10. The maximum Gasteiger partial charge on any atom is 0.0899 e. The van der Waals surface area contributed by atoms with Crippen molar-refractivity contribution in [2.75, 3.05) is 26.2 Å². The molecule has 0 spiro atoms. The highest BCUT2D eigenvalue weighted by Gasteiger charge is 2.48. The van der Waals surface area contributed by atoms with Crippen LogP contribution in [0, 0.1) is 0 Å². The topological polar surface area (TPSA) is 41.7 Å². The molecule has 20 heavy (non-hydrogen) atoms. The van der Waals surface area contributed by atoms with Gasteiger partial charge in [-0.3, -0.25) is 9.80 Å². The van der Waals surface area contributed by atoms with Crippen molar-refractivity contribution in [3.8, 4) is 0 Å². The second-order valence-electron chi connectivity index (χ2n) is 7.34. The number of hydrogen-bond donors (Lipinski definition) is 1. The summed E-state index contributed by atoms with van der Waals surface area (Å²) < 4.78 is 6.22. The van der Waals surface area contributed by atoms with Crippen molar-refractivity contribution in [3.63, 3.8) is 0 Å². The van der Waals surface area contributed by atoms with Crippen LogP contribution in [0.1, 0.15) is 41.0 Å². The first-order valence-corrected chi connectivity index (χ1v) is 8.01. The molecule has 0 radical (unpaired) electrons. The van der Waals surface area contributed by atoms with Crippen molar-refractivity contribution in [1.29, 1.82) is 0 Å². The molecule has 0 aromatic rings. The maximum absolute atomic E-state index is 6.22. The molecular formula is C15H29N3OS. The van der Waals surface area contributed by atoms with Crippen molar-refractivity contribution in [1.82, 2.24) is 9.80 Å². The van der Waals surface area contributed by atoms with Crippen LogP contribution in [0.25, 0.3) is 0 Å². The largest absolute Gasteiger partial charge is 0.392 e. The highest BCUT2D eigenvalue weighted by molar-refractivity contribution is 7.80. The van der Waals surface area contributed by atoms with Gasteiger partial charge in [-0.2, -0.15) is 0 Å². The van der Waals surface area contributed by atoms with Crippen molar-refractivity contribution < 1.29 is 4.74 Å². The highest BCUT2D eigenvalue weighted by atomic mass is 32.1. The lowest BCUT2D eigenvalue weighted by molar-refractivity contribution is -0.0837. The highest BCUT2D eigenvalue weighted by Crippen LogP contribution is 2.40. The van der Waals surface area contributed by atoms with Crippen LogP contribution in [0.5, 0.6) is 0 Å². The molecule has 2 unspecified atom stereocenters. The van der Waals surface area contributed by atoms with Crippen LogP contribution in [-0.4, -0.2) is 64.3 Å². The predicted molar refractivity (Wildman–Crippen MR) is 87.0 cm³/mol. The van der Waals surface area contributed by atoms with Gasteiger partial charge < -0.3 is 10.5 Å². The van der Waals surface area contributed by atoms with Crippen LogP contribution in [0.4, 0.5) is 0 Å². The van der Waals surface area contributed by atoms with Gasteiger partial charge in [-0.1, -0.05) is 12.2 Å². The number of thiocarbonyl (C=S) groups is 1. The molecule has 4 nitrogen and oxygen atoms in total. The van der Waals surface area contributed by atoms with Gasteiger partial charge in [0.05, 0.1) is 22.2 Å². The Morgan fingerprint density at radius 1 is 1.20 bits per heavy atom. The summed E-state index contributed by atoms with van der Waals surface area (Å²) in [6.45, 7) is 15.1. The fourth-order valence-electron chi connectivity index (χ4n) is 3.72. The smallest absolute Gasteiger partial charge is 0.0899 e. The van der Waals surface area contributed by atoms with Crippen LogP contribution < -0.4 is 5.73 Å². The van der Waals surface area contributed by atoms with E-state index in [0.29, 0.717) is 11.0 Å². The Kier molecular flexibility index (Phi) is 4.46. The average molecular weight is 299 g/mol. The van der Waals surface area contributed by atoms with E-state index in [1.165, 1.54) is 0 Å². The number of piperazine rings is 1. The van der Waals surface area contributed by atoms with E-state index in [9.17, 15) is 0 Å². The maximum atomic E-state index is 6.22. The minimum Gasteiger partial charge on any atom is -0.392 e. The third-order valence-electron chi connectivity index (χ3n) is 4.78. The first-order chi connectivity index (χ1) is 9.12. The molecule has 2 heterocycles. The lowest BCUT2D eigenvalue weighted by Crippen LogP contribution is -2.57. The Hall–Kier alpha value is -0.230. The van der Waals surface area contributed by atoms with Gasteiger partial charge in [-0.15, -0.1) is 0 Å². The van der Waals surface area contributed by atoms with E-state index in [4.69, 9.17) is 22.7 Å². The number of ether oxygens (including phenoxy) is 1. The summed E-state index contributed by atoms with van der Waals surface area (Å²) in [5.41, 5.74) is 5.67. The first kappa shape index (κ1) is 16.1. The second kappa shape index (κ2) is 5.52. The van der Waals surface area contributed by atoms with E-state index < -0.39 is 0 Å². The molecule has 5 heteroatoms. The van der Waals surface area contributed by atoms with E-state index in [2.05, 4.69) is 44.4 Å². The zero-order valence-corrected chi connectivity index (χ0v) is 14.3. The molecule has 0 aromatic carbocycles. The zero-order valence-electron chi connectivity index (χ0n) is 13.5. The molecule has 0 aliphatic carbocycles. The van der Waals surface area contributed by atoms with Gasteiger partial charge in [0, 0.05) is 32.2 Å². The van der Waals surface area contributed by atoms with E-state index >= 15 is 0 Å². The Morgan fingerprint density at radius 2 is 1.75 bits per heavy atom. The minimum absolute atomic E-state index is 0.0165. The molecule has 2 aliphatic rings.